The lowest BCUT2D eigenvalue weighted by Gasteiger charge is -2.02. The summed E-state index contributed by atoms with van der Waals surface area (Å²) < 4.78 is 5.34. The summed E-state index contributed by atoms with van der Waals surface area (Å²) in [5.41, 5.74) is 2.44. The lowest BCUT2D eigenvalue weighted by molar-refractivity contribution is 0.240. The third-order valence-corrected chi connectivity index (χ3v) is 1.65. The SMILES string of the molecule is CC#CCCOc1ccc(N=CNO)cn1. The Morgan fingerprint density at radius 2 is 2.50 bits per heavy atom. The van der Waals surface area contributed by atoms with E-state index in [2.05, 4.69) is 21.8 Å². The number of hydroxylamine groups is 1. The zero-order chi connectivity index (χ0) is 11.6. The number of hydrogen-bond donors (Lipinski definition) is 2. The molecule has 0 radical (unpaired) electrons. The summed E-state index contributed by atoms with van der Waals surface area (Å²) in [5.74, 6) is 6.22. The average Bonchev–Trinajstić information content (AvgIpc) is 2.33. The van der Waals surface area contributed by atoms with Gasteiger partial charge in [0.15, 0.2) is 0 Å². The number of hydrogen-bond acceptors (Lipinski definition) is 4. The minimum absolute atomic E-state index is 0.522. The first-order valence-corrected chi connectivity index (χ1v) is 4.77. The zero-order valence-corrected chi connectivity index (χ0v) is 8.97. The molecule has 0 saturated heterocycles. The van der Waals surface area contributed by atoms with Crippen LogP contribution in [0.15, 0.2) is 23.3 Å². The Morgan fingerprint density at radius 3 is 3.12 bits per heavy atom. The molecule has 0 aliphatic carbocycles. The van der Waals surface area contributed by atoms with Crippen LogP contribution in [0, 0.1) is 11.8 Å². The van der Waals surface area contributed by atoms with Crippen LogP contribution in [-0.2, 0) is 0 Å². The monoisotopic (exact) mass is 219 g/mol. The summed E-state index contributed by atoms with van der Waals surface area (Å²) in [7, 11) is 0. The number of ether oxygens (including phenoxy) is 1. The zero-order valence-electron chi connectivity index (χ0n) is 8.97. The van der Waals surface area contributed by atoms with Gasteiger partial charge in [-0.05, 0) is 13.0 Å². The van der Waals surface area contributed by atoms with Gasteiger partial charge in [0.25, 0.3) is 0 Å². The second kappa shape index (κ2) is 7.26. The van der Waals surface area contributed by atoms with Crippen LogP contribution >= 0.6 is 0 Å². The lowest BCUT2D eigenvalue weighted by atomic mass is 10.4. The molecule has 0 saturated carbocycles. The van der Waals surface area contributed by atoms with E-state index in [0.29, 0.717) is 24.6 Å². The van der Waals surface area contributed by atoms with Crippen molar-refractivity contribution in [3.8, 4) is 17.7 Å². The Kier molecular flexibility index (Phi) is 5.45. The van der Waals surface area contributed by atoms with Crippen molar-refractivity contribution in [2.75, 3.05) is 6.61 Å². The third kappa shape index (κ3) is 4.44. The summed E-state index contributed by atoms with van der Waals surface area (Å²) in [6.07, 6.45) is 3.40. The molecule has 0 aliphatic rings. The second-order valence-electron chi connectivity index (χ2n) is 2.77. The van der Waals surface area contributed by atoms with E-state index in [4.69, 9.17) is 9.94 Å². The van der Waals surface area contributed by atoms with Gasteiger partial charge in [0, 0.05) is 12.5 Å². The molecule has 1 rings (SSSR count). The fourth-order valence-corrected chi connectivity index (χ4v) is 0.969. The van der Waals surface area contributed by atoms with Gasteiger partial charge in [-0.2, -0.15) is 0 Å². The fraction of sp³-hybridized carbons (Fsp3) is 0.273. The topological polar surface area (TPSA) is 66.7 Å². The van der Waals surface area contributed by atoms with E-state index < -0.39 is 0 Å². The Balaban J connectivity index is 2.43. The van der Waals surface area contributed by atoms with Crippen LogP contribution in [0.3, 0.4) is 0 Å². The number of nitrogens with one attached hydrogen (secondary N) is 1. The molecule has 16 heavy (non-hydrogen) atoms. The minimum Gasteiger partial charge on any atom is -0.477 e. The summed E-state index contributed by atoms with van der Waals surface area (Å²) >= 11 is 0. The normalized spacial score (nSPS) is 9.62. The van der Waals surface area contributed by atoms with Gasteiger partial charge >= 0.3 is 0 Å². The third-order valence-electron chi connectivity index (χ3n) is 1.65. The highest BCUT2D eigenvalue weighted by Gasteiger charge is 1.94. The standard InChI is InChI=1S/C11H13N3O2/c1-2-3-4-7-16-11-6-5-10(8-12-11)13-9-14-15/h5-6,8-9,15H,4,7H2,1H3,(H,13,14). The molecule has 1 aromatic heterocycles. The lowest BCUT2D eigenvalue weighted by Crippen LogP contribution is -2.01. The highest BCUT2D eigenvalue weighted by Crippen LogP contribution is 2.13. The van der Waals surface area contributed by atoms with Crippen molar-refractivity contribution >= 4 is 12.0 Å². The van der Waals surface area contributed by atoms with Gasteiger partial charge in [-0.1, -0.05) is 0 Å². The van der Waals surface area contributed by atoms with Crippen molar-refractivity contribution in [1.82, 2.24) is 10.5 Å². The molecule has 0 atom stereocenters. The van der Waals surface area contributed by atoms with Crippen LogP contribution in [0.1, 0.15) is 13.3 Å². The molecule has 1 heterocycles. The molecule has 2 N–H and O–H groups in total. The molecule has 0 unspecified atom stereocenters. The molecular weight excluding hydrogens is 206 g/mol. The number of rotatable bonds is 5. The van der Waals surface area contributed by atoms with E-state index in [1.165, 1.54) is 0 Å². The Morgan fingerprint density at radius 1 is 1.62 bits per heavy atom. The van der Waals surface area contributed by atoms with Gasteiger partial charge in [0.05, 0.1) is 11.9 Å². The molecule has 84 valence electrons. The van der Waals surface area contributed by atoms with Gasteiger partial charge in [-0.3, -0.25) is 10.7 Å². The Bertz CT molecular complexity index is 390. The van der Waals surface area contributed by atoms with E-state index in [1.807, 2.05) is 5.48 Å². The molecule has 0 aliphatic heterocycles. The van der Waals surface area contributed by atoms with Crippen molar-refractivity contribution in [3.63, 3.8) is 0 Å². The van der Waals surface area contributed by atoms with Crippen molar-refractivity contribution < 1.29 is 9.94 Å². The van der Waals surface area contributed by atoms with Gasteiger partial charge in [-0.25, -0.2) is 9.98 Å². The Hall–Kier alpha value is -2.06. The van der Waals surface area contributed by atoms with E-state index in [0.717, 1.165) is 6.34 Å². The average molecular weight is 219 g/mol. The summed E-state index contributed by atoms with van der Waals surface area (Å²) in [6, 6.07) is 3.45. The maximum Gasteiger partial charge on any atom is 0.213 e. The summed E-state index contributed by atoms with van der Waals surface area (Å²) in [5, 5.41) is 8.29. The molecule has 5 nitrogen and oxygen atoms in total. The summed E-state index contributed by atoms with van der Waals surface area (Å²) in [6.45, 7) is 2.31. The van der Waals surface area contributed by atoms with Gasteiger partial charge in [0.1, 0.15) is 12.9 Å². The van der Waals surface area contributed by atoms with Crippen LogP contribution in [0.2, 0.25) is 0 Å². The predicted molar refractivity (Wildman–Crippen MR) is 60.9 cm³/mol. The second-order valence-corrected chi connectivity index (χ2v) is 2.77. The highest BCUT2D eigenvalue weighted by atomic mass is 16.5. The maximum atomic E-state index is 8.29. The van der Waals surface area contributed by atoms with E-state index in [1.54, 1.807) is 25.3 Å². The molecule has 1 aromatic rings. The molecule has 5 heteroatoms. The smallest absolute Gasteiger partial charge is 0.213 e. The van der Waals surface area contributed by atoms with Gasteiger partial charge in [0.2, 0.25) is 5.88 Å². The predicted octanol–water partition coefficient (Wildman–Crippen LogP) is 1.51. The number of aliphatic imine (C=N–C) groups is 1. The van der Waals surface area contributed by atoms with Crippen LogP contribution in [-0.4, -0.2) is 23.1 Å². The van der Waals surface area contributed by atoms with Crippen LogP contribution in [0.5, 0.6) is 5.88 Å². The van der Waals surface area contributed by atoms with E-state index in [-0.39, 0.29) is 0 Å². The minimum atomic E-state index is 0.522. The number of pyridine rings is 1. The van der Waals surface area contributed by atoms with E-state index in [9.17, 15) is 0 Å². The van der Waals surface area contributed by atoms with Crippen LogP contribution in [0.4, 0.5) is 5.69 Å². The van der Waals surface area contributed by atoms with Crippen molar-refractivity contribution in [3.05, 3.63) is 18.3 Å². The van der Waals surface area contributed by atoms with E-state index >= 15 is 0 Å². The molecule has 0 fully saturated rings. The Labute approximate surface area is 94.1 Å². The van der Waals surface area contributed by atoms with Gasteiger partial charge < -0.3 is 4.74 Å². The first-order chi connectivity index (χ1) is 7.86. The molecular formula is C11H13N3O2. The van der Waals surface area contributed by atoms with Crippen molar-refractivity contribution in [1.29, 1.82) is 0 Å². The first kappa shape index (κ1) is 12.0. The van der Waals surface area contributed by atoms with Crippen molar-refractivity contribution in [2.45, 2.75) is 13.3 Å². The maximum absolute atomic E-state index is 8.29. The fourth-order valence-electron chi connectivity index (χ4n) is 0.969. The first-order valence-electron chi connectivity index (χ1n) is 4.77. The number of nitrogens with zero attached hydrogens (tertiary/aromatic N) is 2. The molecule has 0 amide bonds. The van der Waals surface area contributed by atoms with Gasteiger partial charge in [-0.15, -0.1) is 11.8 Å². The highest BCUT2D eigenvalue weighted by molar-refractivity contribution is 5.59. The molecule has 0 spiro atoms. The molecule has 0 bridgehead atoms. The molecule has 0 aromatic carbocycles. The van der Waals surface area contributed by atoms with Crippen LogP contribution < -0.4 is 10.2 Å². The summed E-state index contributed by atoms with van der Waals surface area (Å²) in [4.78, 5) is 7.88. The number of aromatic nitrogens is 1. The quantitative estimate of drug-likeness (QED) is 0.259. The van der Waals surface area contributed by atoms with Crippen molar-refractivity contribution in [2.24, 2.45) is 4.99 Å². The largest absolute Gasteiger partial charge is 0.477 e. The van der Waals surface area contributed by atoms with Crippen LogP contribution in [0.25, 0.3) is 0 Å².